The van der Waals surface area contributed by atoms with Crippen molar-refractivity contribution in [3.8, 4) is 0 Å². The van der Waals surface area contributed by atoms with Gasteiger partial charge >= 0.3 is 6.18 Å². The number of likely N-dealkylation sites (tertiary alicyclic amines) is 1. The van der Waals surface area contributed by atoms with Gasteiger partial charge in [-0.15, -0.1) is 0 Å². The smallest absolute Gasteiger partial charge is 0.374 e. The summed E-state index contributed by atoms with van der Waals surface area (Å²) >= 11 is 0. The van der Waals surface area contributed by atoms with Crippen molar-refractivity contribution in [1.82, 2.24) is 4.90 Å². The minimum Gasteiger partial charge on any atom is -0.374 e. The Bertz CT molecular complexity index is 680. The van der Waals surface area contributed by atoms with Crippen LogP contribution in [0.4, 0.5) is 13.2 Å². The van der Waals surface area contributed by atoms with Gasteiger partial charge in [-0.1, -0.05) is 18.2 Å². The standard InChI is InChI=1S/C20H26F3N2/c1-19(2)14-17(24-11-6-3-7-12-24)10-13-25(19)15-16-8-4-5-9-18(16)20(21,22)23/h4-5,8-10,13H,3,6-7,11-12,14-15H2,1-2H3/q+1. The van der Waals surface area contributed by atoms with Gasteiger partial charge in [0.2, 0.25) is 0 Å². The molecule has 0 N–H and O–H groups in total. The molecule has 0 aliphatic carbocycles. The number of hydrogen-bond acceptors (Lipinski definition) is 1. The Balaban J connectivity index is 1.85. The third-order valence-corrected chi connectivity index (χ3v) is 5.26. The Morgan fingerprint density at radius 1 is 1.08 bits per heavy atom. The molecule has 3 rings (SSSR count). The van der Waals surface area contributed by atoms with Crippen molar-refractivity contribution in [2.45, 2.75) is 57.8 Å². The third-order valence-electron chi connectivity index (χ3n) is 5.26. The van der Waals surface area contributed by atoms with Crippen LogP contribution in [0, 0.1) is 0 Å². The average molecular weight is 351 g/mol. The average Bonchev–Trinajstić information content (AvgIpc) is 2.57. The summed E-state index contributed by atoms with van der Waals surface area (Å²) in [4.78, 5) is 2.43. The molecule has 2 aliphatic rings. The van der Waals surface area contributed by atoms with Gasteiger partial charge in [0.05, 0.1) is 12.0 Å². The lowest BCUT2D eigenvalue weighted by Crippen LogP contribution is -2.43. The fraction of sp³-hybridized carbons (Fsp3) is 0.550. The monoisotopic (exact) mass is 351 g/mol. The van der Waals surface area contributed by atoms with Gasteiger partial charge in [0.25, 0.3) is 0 Å². The molecule has 2 heterocycles. The second-order valence-corrected chi connectivity index (χ2v) is 7.63. The van der Waals surface area contributed by atoms with E-state index < -0.39 is 11.7 Å². The van der Waals surface area contributed by atoms with Crippen molar-refractivity contribution in [1.29, 1.82) is 0 Å². The van der Waals surface area contributed by atoms with E-state index in [4.69, 9.17) is 0 Å². The first-order valence-corrected chi connectivity index (χ1v) is 8.98. The highest BCUT2D eigenvalue weighted by atomic mass is 19.4. The molecule has 136 valence electrons. The van der Waals surface area contributed by atoms with Crippen molar-refractivity contribution >= 4 is 6.21 Å². The number of hydrogen-bond donors (Lipinski definition) is 0. The molecule has 0 atom stereocenters. The van der Waals surface area contributed by atoms with E-state index in [1.807, 2.05) is 10.8 Å². The van der Waals surface area contributed by atoms with Crippen LogP contribution in [0.2, 0.25) is 0 Å². The first-order valence-electron chi connectivity index (χ1n) is 8.98. The van der Waals surface area contributed by atoms with E-state index in [9.17, 15) is 13.2 Å². The number of nitrogens with zero attached hydrogens (tertiary/aromatic N) is 2. The molecule has 1 aromatic carbocycles. The van der Waals surface area contributed by atoms with E-state index >= 15 is 0 Å². The van der Waals surface area contributed by atoms with E-state index in [2.05, 4.69) is 24.8 Å². The van der Waals surface area contributed by atoms with Gasteiger partial charge < -0.3 is 4.90 Å². The van der Waals surface area contributed by atoms with Gasteiger partial charge in [0.1, 0.15) is 0 Å². The zero-order chi connectivity index (χ0) is 18.1. The first kappa shape index (κ1) is 18.0. The number of allylic oxidation sites excluding steroid dienone is 1. The lowest BCUT2D eigenvalue weighted by molar-refractivity contribution is -0.612. The Morgan fingerprint density at radius 2 is 1.76 bits per heavy atom. The number of alkyl halides is 3. The van der Waals surface area contributed by atoms with E-state index in [1.54, 1.807) is 12.1 Å². The molecule has 25 heavy (non-hydrogen) atoms. The highest BCUT2D eigenvalue weighted by Crippen LogP contribution is 2.34. The van der Waals surface area contributed by atoms with Crippen molar-refractivity contribution in [2.24, 2.45) is 0 Å². The highest BCUT2D eigenvalue weighted by molar-refractivity contribution is 5.68. The maximum Gasteiger partial charge on any atom is 0.416 e. The van der Waals surface area contributed by atoms with Crippen LogP contribution >= 0.6 is 0 Å². The molecule has 1 saturated heterocycles. The quantitative estimate of drug-likeness (QED) is 0.706. The molecule has 2 aliphatic heterocycles. The van der Waals surface area contributed by atoms with E-state index in [-0.39, 0.29) is 12.1 Å². The Hall–Kier alpha value is -1.78. The van der Waals surface area contributed by atoms with Crippen LogP contribution in [0.25, 0.3) is 0 Å². The summed E-state index contributed by atoms with van der Waals surface area (Å²) in [5.74, 6) is 0. The Labute approximate surface area is 147 Å². The first-order chi connectivity index (χ1) is 11.8. The maximum atomic E-state index is 13.3. The Kier molecular flexibility index (Phi) is 4.94. The summed E-state index contributed by atoms with van der Waals surface area (Å²) in [7, 11) is 0. The van der Waals surface area contributed by atoms with Crippen molar-refractivity contribution in [3.63, 3.8) is 0 Å². The minimum atomic E-state index is -4.31. The van der Waals surface area contributed by atoms with Crippen molar-refractivity contribution in [3.05, 3.63) is 47.2 Å². The second-order valence-electron chi connectivity index (χ2n) is 7.63. The molecule has 0 unspecified atom stereocenters. The van der Waals surface area contributed by atoms with Crippen molar-refractivity contribution < 1.29 is 17.7 Å². The summed E-state index contributed by atoms with van der Waals surface area (Å²) in [6, 6.07) is 5.88. The van der Waals surface area contributed by atoms with Crippen LogP contribution in [0.15, 0.2) is 36.0 Å². The number of piperidine rings is 1. The molecule has 1 aromatic rings. The van der Waals surface area contributed by atoms with E-state index in [1.165, 1.54) is 37.1 Å². The third kappa shape index (κ3) is 4.07. The van der Waals surface area contributed by atoms with E-state index in [0.29, 0.717) is 5.56 Å². The summed E-state index contributed by atoms with van der Waals surface area (Å²) < 4.78 is 41.8. The van der Waals surface area contributed by atoms with Gasteiger partial charge in [-0.3, -0.25) is 0 Å². The van der Waals surface area contributed by atoms with Crippen LogP contribution in [0.1, 0.15) is 50.7 Å². The van der Waals surface area contributed by atoms with Crippen LogP contribution in [-0.2, 0) is 12.7 Å². The largest absolute Gasteiger partial charge is 0.416 e. The molecule has 5 heteroatoms. The van der Waals surface area contributed by atoms with Crippen LogP contribution < -0.4 is 0 Å². The molecule has 0 amide bonds. The lowest BCUT2D eigenvalue weighted by Gasteiger charge is -2.36. The van der Waals surface area contributed by atoms with Gasteiger partial charge in [-0.2, -0.15) is 13.2 Å². The van der Waals surface area contributed by atoms with Gasteiger partial charge in [0, 0.05) is 44.3 Å². The van der Waals surface area contributed by atoms with Gasteiger partial charge in [0.15, 0.2) is 18.3 Å². The number of rotatable bonds is 3. The van der Waals surface area contributed by atoms with Crippen molar-refractivity contribution in [2.75, 3.05) is 13.1 Å². The number of halogens is 3. The van der Waals surface area contributed by atoms with Crippen LogP contribution in [0.3, 0.4) is 0 Å². The highest BCUT2D eigenvalue weighted by Gasteiger charge is 2.38. The topological polar surface area (TPSA) is 6.25 Å². The predicted octanol–water partition coefficient (Wildman–Crippen LogP) is 4.84. The number of benzene rings is 1. The summed E-state index contributed by atoms with van der Waals surface area (Å²) in [5, 5.41) is 0. The fourth-order valence-electron chi connectivity index (χ4n) is 3.76. The van der Waals surface area contributed by atoms with Crippen LogP contribution in [-0.4, -0.2) is 34.3 Å². The van der Waals surface area contributed by atoms with Gasteiger partial charge in [-0.25, -0.2) is 4.58 Å². The molecule has 0 aromatic heterocycles. The molecular formula is C20H26F3N2+. The molecule has 0 saturated carbocycles. The van der Waals surface area contributed by atoms with Gasteiger partial charge in [-0.05, 0) is 25.3 Å². The van der Waals surface area contributed by atoms with Crippen LogP contribution in [0.5, 0.6) is 0 Å². The zero-order valence-corrected chi connectivity index (χ0v) is 14.9. The molecule has 0 radical (unpaired) electrons. The summed E-state index contributed by atoms with van der Waals surface area (Å²) in [6.07, 6.45) is 4.34. The molecule has 0 spiro atoms. The SMILES string of the molecule is CC1(C)CC(N2CCCCC2)=CC=[N+]1Cc1ccccc1C(F)(F)F. The lowest BCUT2D eigenvalue weighted by atomic mass is 9.92. The maximum absolute atomic E-state index is 13.3. The normalized spacial score (nSPS) is 20.9. The second kappa shape index (κ2) is 6.85. The Morgan fingerprint density at radius 3 is 2.40 bits per heavy atom. The molecular weight excluding hydrogens is 325 g/mol. The molecule has 0 bridgehead atoms. The predicted molar refractivity (Wildman–Crippen MR) is 93.7 cm³/mol. The minimum absolute atomic E-state index is 0.208. The fourth-order valence-corrected chi connectivity index (χ4v) is 3.76. The summed E-state index contributed by atoms with van der Waals surface area (Å²) in [6.45, 7) is 6.67. The molecule has 2 nitrogen and oxygen atoms in total. The summed E-state index contributed by atoms with van der Waals surface area (Å²) in [5.41, 5.74) is 0.893. The van der Waals surface area contributed by atoms with E-state index in [0.717, 1.165) is 19.5 Å². The molecule has 1 fully saturated rings. The zero-order valence-electron chi connectivity index (χ0n) is 14.9.